The van der Waals surface area contributed by atoms with Gasteiger partial charge in [-0.05, 0) is 18.2 Å². The van der Waals surface area contributed by atoms with Gasteiger partial charge in [0.15, 0.2) is 0 Å². The summed E-state index contributed by atoms with van der Waals surface area (Å²) in [7, 11) is 2.78. The average Bonchev–Trinajstić information content (AvgIpc) is 2.20. The van der Waals surface area contributed by atoms with Gasteiger partial charge in [0.05, 0.1) is 12.1 Å². The van der Waals surface area contributed by atoms with Crippen LogP contribution < -0.4 is 4.90 Å². The van der Waals surface area contributed by atoms with Crippen LogP contribution in [0.5, 0.6) is 0 Å². The van der Waals surface area contributed by atoms with Crippen LogP contribution in [0, 0.1) is 5.82 Å². The largest absolute Gasteiger partial charge is 0.452 e. The number of carbonyl (C=O) groups excluding carboxylic acids is 1. The molecular formula is C9H9ClFNO2. The normalized spacial score (nSPS) is 9.71. The lowest BCUT2D eigenvalue weighted by molar-refractivity contribution is 0.180. The molecule has 1 aromatic rings. The molecule has 1 amide bonds. The first-order valence-corrected chi connectivity index (χ1v) is 4.20. The zero-order valence-corrected chi connectivity index (χ0v) is 8.51. The second-order valence-corrected chi connectivity index (χ2v) is 3.03. The molecule has 0 heterocycles. The van der Waals surface area contributed by atoms with Crippen LogP contribution in [-0.2, 0) is 4.74 Å². The monoisotopic (exact) mass is 217 g/mol. The van der Waals surface area contributed by atoms with E-state index in [4.69, 9.17) is 11.6 Å². The van der Waals surface area contributed by atoms with Crippen molar-refractivity contribution in [3.8, 4) is 0 Å². The molecule has 0 aliphatic rings. The second-order valence-electron chi connectivity index (χ2n) is 2.63. The summed E-state index contributed by atoms with van der Waals surface area (Å²) in [5, 5.41) is -0.0294. The van der Waals surface area contributed by atoms with Gasteiger partial charge in [0.25, 0.3) is 0 Å². The predicted octanol–water partition coefficient (Wildman–Crippen LogP) is 2.68. The highest BCUT2D eigenvalue weighted by Crippen LogP contribution is 2.21. The summed E-state index contributed by atoms with van der Waals surface area (Å²) in [6, 6.07) is 3.99. The SMILES string of the molecule is COC(=O)N(C)c1ccc(F)c(Cl)c1. The highest BCUT2D eigenvalue weighted by Gasteiger charge is 2.11. The van der Waals surface area contributed by atoms with Gasteiger partial charge in [0.1, 0.15) is 5.82 Å². The van der Waals surface area contributed by atoms with Gasteiger partial charge in [-0.2, -0.15) is 0 Å². The quantitative estimate of drug-likeness (QED) is 0.724. The number of amides is 1. The van der Waals surface area contributed by atoms with Crippen LogP contribution >= 0.6 is 11.6 Å². The number of hydrogen-bond donors (Lipinski definition) is 0. The number of anilines is 1. The fourth-order valence-electron chi connectivity index (χ4n) is 0.936. The lowest BCUT2D eigenvalue weighted by Gasteiger charge is -2.15. The van der Waals surface area contributed by atoms with Gasteiger partial charge >= 0.3 is 6.09 Å². The molecule has 0 spiro atoms. The summed E-state index contributed by atoms with van der Waals surface area (Å²) in [6.45, 7) is 0. The molecule has 0 saturated heterocycles. The number of carbonyl (C=O) groups is 1. The van der Waals surface area contributed by atoms with Crippen LogP contribution in [0.1, 0.15) is 0 Å². The van der Waals surface area contributed by atoms with Gasteiger partial charge in [-0.15, -0.1) is 0 Å². The summed E-state index contributed by atoms with van der Waals surface area (Å²) in [6.07, 6.45) is -0.535. The molecule has 0 N–H and O–H groups in total. The van der Waals surface area contributed by atoms with Gasteiger partial charge in [0, 0.05) is 12.7 Å². The fraction of sp³-hybridized carbons (Fsp3) is 0.222. The molecule has 0 aliphatic carbocycles. The van der Waals surface area contributed by atoms with Crippen molar-refractivity contribution >= 4 is 23.4 Å². The lowest BCUT2D eigenvalue weighted by Crippen LogP contribution is -2.25. The van der Waals surface area contributed by atoms with Crippen LogP contribution in [0.3, 0.4) is 0 Å². The maximum absolute atomic E-state index is 12.8. The minimum atomic E-state index is -0.535. The van der Waals surface area contributed by atoms with E-state index in [1.54, 1.807) is 0 Å². The number of halogens is 2. The smallest absolute Gasteiger partial charge is 0.413 e. The molecule has 0 fully saturated rings. The van der Waals surface area contributed by atoms with Crippen LogP contribution in [0.4, 0.5) is 14.9 Å². The van der Waals surface area contributed by atoms with E-state index in [1.807, 2.05) is 0 Å². The van der Waals surface area contributed by atoms with E-state index < -0.39 is 11.9 Å². The number of ether oxygens (including phenoxy) is 1. The molecule has 0 aromatic heterocycles. The molecule has 0 atom stereocenters. The fourth-order valence-corrected chi connectivity index (χ4v) is 1.11. The molecule has 0 unspecified atom stereocenters. The van der Waals surface area contributed by atoms with E-state index in [2.05, 4.69) is 4.74 Å². The van der Waals surface area contributed by atoms with E-state index in [-0.39, 0.29) is 5.02 Å². The van der Waals surface area contributed by atoms with Gasteiger partial charge < -0.3 is 4.74 Å². The molecule has 0 aliphatic heterocycles. The van der Waals surface area contributed by atoms with Crippen molar-refractivity contribution in [2.75, 3.05) is 19.1 Å². The first-order chi connectivity index (χ1) is 6.56. The maximum Gasteiger partial charge on any atom is 0.413 e. The maximum atomic E-state index is 12.8. The molecule has 76 valence electrons. The molecule has 0 saturated carbocycles. The molecule has 0 radical (unpaired) electrons. The third-order valence-corrected chi connectivity index (χ3v) is 2.03. The number of hydrogen-bond acceptors (Lipinski definition) is 2. The Kier molecular flexibility index (Phi) is 3.30. The Morgan fingerprint density at radius 2 is 2.21 bits per heavy atom. The molecule has 1 rings (SSSR count). The molecule has 14 heavy (non-hydrogen) atoms. The zero-order valence-electron chi connectivity index (χ0n) is 7.75. The summed E-state index contributed by atoms with van der Waals surface area (Å²) < 4.78 is 17.3. The number of benzene rings is 1. The van der Waals surface area contributed by atoms with Crippen molar-refractivity contribution in [1.29, 1.82) is 0 Å². The third kappa shape index (κ3) is 2.14. The van der Waals surface area contributed by atoms with Crippen LogP contribution in [0.15, 0.2) is 18.2 Å². The van der Waals surface area contributed by atoms with Crippen molar-refractivity contribution in [3.63, 3.8) is 0 Å². The molecule has 5 heteroatoms. The van der Waals surface area contributed by atoms with Crippen molar-refractivity contribution in [2.45, 2.75) is 0 Å². The molecular weight excluding hydrogens is 209 g/mol. The summed E-state index contributed by atoms with van der Waals surface area (Å²) in [4.78, 5) is 12.3. The predicted molar refractivity (Wildman–Crippen MR) is 52.2 cm³/mol. The molecule has 1 aromatic carbocycles. The average molecular weight is 218 g/mol. The number of methoxy groups -OCH3 is 1. The highest BCUT2D eigenvalue weighted by atomic mass is 35.5. The first-order valence-electron chi connectivity index (χ1n) is 3.83. The van der Waals surface area contributed by atoms with E-state index >= 15 is 0 Å². The standard InChI is InChI=1S/C9H9ClFNO2/c1-12(9(13)14-2)6-3-4-8(11)7(10)5-6/h3-5H,1-2H3. The van der Waals surface area contributed by atoms with Gasteiger partial charge in [-0.3, -0.25) is 4.90 Å². The Balaban J connectivity index is 2.96. The van der Waals surface area contributed by atoms with Gasteiger partial charge in [-0.1, -0.05) is 11.6 Å². The van der Waals surface area contributed by atoms with E-state index in [0.717, 1.165) is 0 Å². The Morgan fingerprint density at radius 1 is 1.57 bits per heavy atom. The highest BCUT2D eigenvalue weighted by molar-refractivity contribution is 6.31. The lowest BCUT2D eigenvalue weighted by atomic mass is 10.3. The van der Waals surface area contributed by atoms with Crippen LogP contribution in [0.2, 0.25) is 5.02 Å². The van der Waals surface area contributed by atoms with Gasteiger partial charge in [0.2, 0.25) is 0 Å². The number of rotatable bonds is 1. The first kappa shape index (κ1) is 10.8. The Labute approximate surface area is 86.0 Å². The van der Waals surface area contributed by atoms with Crippen molar-refractivity contribution < 1.29 is 13.9 Å². The van der Waals surface area contributed by atoms with Crippen molar-refractivity contribution in [2.24, 2.45) is 0 Å². The molecule has 3 nitrogen and oxygen atoms in total. The Hall–Kier alpha value is -1.29. The van der Waals surface area contributed by atoms with Gasteiger partial charge in [-0.25, -0.2) is 9.18 Å². The van der Waals surface area contributed by atoms with E-state index in [9.17, 15) is 9.18 Å². The van der Waals surface area contributed by atoms with Crippen LogP contribution in [-0.4, -0.2) is 20.3 Å². The Bertz CT molecular complexity index is 357. The second kappa shape index (κ2) is 4.28. The zero-order chi connectivity index (χ0) is 10.7. The summed E-state index contributed by atoms with van der Waals surface area (Å²) in [5.41, 5.74) is 0.475. The van der Waals surface area contributed by atoms with E-state index in [0.29, 0.717) is 5.69 Å². The molecule has 0 bridgehead atoms. The minimum absolute atomic E-state index is 0.0294. The van der Waals surface area contributed by atoms with Crippen molar-refractivity contribution in [1.82, 2.24) is 0 Å². The van der Waals surface area contributed by atoms with Crippen LogP contribution in [0.25, 0.3) is 0 Å². The topological polar surface area (TPSA) is 29.5 Å². The summed E-state index contributed by atoms with van der Waals surface area (Å²) in [5.74, 6) is -0.520. The third-order valence-electron chi connectivity index (χ3n) is 1.74. The summed E-state index contributed by atoms with van der Waals surface area (Å²) >= 11 is 5.55. The minimum Gasteiger partial charge on any atom is -0.452 e. The number of nitrogens with zero attached hydrogens (tertiary/aromatic N) is 1. The van der Waals surface area contributed by atoms with Crippen molar-refractivity contribution in [3.05, 3.63) is 29.0 Å². The Morgan fingerprint density at radius 3 is 2.71 bits per heavy atom. The van der Waals surface area contributed by atoms with E-state index in [1.165, 1.54) is 37.3 Å².